The van der Waals surface area contributed by atoms with Crippen LogP contribution in [0.1, 0.15) is 34.8 Å². The first-order valence-electron chi connectivity index (χ1n) is 10.4. The lowest BCUT2D eigenvalue weighted by atomic mass is 9.97. The van der Waals surface area contributed by atoms with E-state index >= 15 is 0 Å². The van der Waals surface area contributed by atoms with Gasteiger partial charge in [0.15, 0.2) is 11.5 Å². The fourth-order valence-electron chi connectivity index (χ4n) is 4.38. The summed E-state index contributed by atoms with van der Waals surface area (Å²) in [6, 6.07) is 20.4. The molecule has 1 aliphatic rings. The lowest BCUT2D eigenvalue weighted by molar-refractivity contribution is 0.0934. The van der Waals surface area contributed by atoms with E-state index in [-0.39, 0.29) is 11.9 Å². The molecule has 1 aliphatic heterocycles. The number of ether oxygens (including phenoxy) is 2. The molecular weight excluding hydrogens is 376 g/mol. The zero-order chi connectivity index (χ0) is 20.9. The molecule has 3 aromatic rings. The number of carbonyl (C=O) groups is 1. The molecule has 30 heavy (non-hydrogen) atoms. The van der Waals surface area contributed by atoms with Gasteiger partial charge >= 0.3 is 0 Å². The van der Waals surface area contributed by atoms with Crippen LogP contribution in [-0.2, 0) is 0 Å². The van der Waals surface area contributed by atoms with Gasteiger partial charge in [0.2, 0.25) is 0 Å². The maximum atomic E-state index is 13.0. The lowest BCUT2D eigenvalue weighted by Crippen LogP contribution is -2.37. The first-order chi connectivity index (χ1) is 14.7. The SMILES string of the molecule is COc1cccc(C(=O)NC[C@H](c2cccc3ccccc23)N2CCCC2)c1OC. The smallest absolute Gasteiger partial charge is 0.255 e. The average Bonchev–Trinajstić information content (AvgIpc) is 3.33. The van der Waals surface area contributed by atoms with Gasteiger partial charge in [0.25, 0.3) is 5.91 Å². The Labute approximate surface area is 177 Å². The minimum atomic E-state index is -0.157. The molecule has 1 amide bonds. The minimum Gasteiger partial charge on any atom is -0.493 e. The molecule has 0 saturated carbocycles. The first-order valence-corrected chi connectivity index (χ1v) is 10.4. The van der Waals surface area contributed by atoms with Gasteiger partial charge in [0.05, 0.1) is 25.8 Å². The number of hydrogen-bond donors (Lipinski definition) is 1. The number of amides is 1. The van der Waals surface area contributed by atoms with Crippen molar-refractivity contribution < 1.29 is 14.3 Å². The largest absolute Gasteiger partial charge is 0.493 e. The van der Waals surface area contributed by atoms with E-state index < -0.39 is 0 Å². The number of carbonyl (C=O) groups excluding carboxylic acids is 1. The van der Waals surface area contributed by atoms with Crippen LogP contribution >= 0.6 is 0 Å². The molecular formula is C25H28N2O3. The van der Waals surface area contributed by atoms with Crippen LogP contribution in [0.5, 0.6) is 11.5 Å². The predicted octanol–water partition coefficient (Wildman–Crippen LogP) is 4.42. The molecule has 1 N–H and O–H groups in total. The fraction of sp³-hybridized carbons (Fsp3) is 0.320. The highest BCUT2D eigenvalue weighted by atomic mass is 16.5. The zero-order valence-electron chi connectivity index (χ0n) is 17.6. The van der Waals surface area contributed by atoms with Crippen molar-refractivity contribution >= 4 is 16.7 Å². The number of rotatable bonds is 7. The second-order valence-corrected chi connectivity index (χ2v) is 7.58. The Balaban J connectivity index is 1.62. The molecule has 1 fully saturated rings. The van der Waals surface area contributed by atoms with Crippen LogP contribution in [0.25, 0.3) is 10.8 Å². The molecule has 156 valence electrons. The van der Waals surface area contributed by atoms with Gasteiger partial charge in [-0.05, 0) is 54.4 Å². The molecule has 5 nitrogen and oxygen atoms in total. The number of nitrogens with zero attached hydrogens (tertiary/aromatic N) is 1. The molecule has 0 radical (unpaired) electrons. The number of methoxy groups -OCH3 is 2. The van der Waals surface area contributed by atoms with E-state index in [1.807, 2.05) is 0 Å². The lowest BCUT2D eigenvalue weighted by Gasteiger charge is -2.29. The van der Waals surface area contributed by atoms with Gasteiger partial charge in [0, 0.05) is 6.54 Å². The Bertz CT molecular complexity index is 1020. The van der Waals surface area contributed by atoms with Crippen molar-refractivity contribution in [3.05, 3.63) is 71.8 Å². The van der Waals surface area contributed by atoms with E-state index in [1.165, 1.54) is 29.2 Å². The Hall–Kier alpha value is -3.05. The van der Waals surface area contributed by atoms with E-state index in [2.05, 4.69) is 52.7 Å². The van der Waals surface area contributed by atoms with Gasteiger partial charge in [-0.1, -0.05) is 48.5 Å². The second kappa shape index (κ2) is 9.18. The van der Waals surface area contributed by atoms with Crippen molar-refractivity contribution in [2.75, 3.05) is 33.9 Å². The summed E-state index contributed by atoms with van der Waals surface area (Å²) < 4.78 is 10.8. The molecule has 1 heterocycles. The van der Waals surface area contributed by atoms with Gasteiger partial charge in [-0.25, -0.2) is 0 Å². The standard InChI is InChI=1S/C25H28N2O3/c1-29-23-14-8-13-21(24(23)30-2)25(28)26-17-22(27-15-5-6-16-27)20-12-7-10-18-9-3-4-11-19(18)20/h3-4,7-14,22H,5-6,15-17H2,1-2H3,(H,26,28)/t22-/m1/s1. The Morgan fingerprint density at radius 1 is 0.967 bits per heavy atom. The van der Waals surface area contributed by atoms with Crippen LogP contribution in [-0.4, -0.2) is 44.7 Å². The highest BCUT2D eigenvalue weighted by Gasteiger charge is 2.26. The topological polar surface area (TPSA) is 50.8 Å². The molecule has 0 aromatic heterocycles. The predicted molar refractivity (Wildman–Crippen MR) is 119 cm³/mol. The Morgan fingerprint density at radius 3 is 2.47 bits per heavy atom. The summed E-state index contributed by atoms with van der Waals surface area (Å²) in [4.78, 5) is 15.5. The third-order valence-corrected chi connectivity index (χ3v) is 5.87. The summed E-state index contributed by atoms with van der Waals surface area (Å²) in [5.74, 6) is 0.853. The number of nitrogens with one attached hydrogen (secondary N) is 1. The van der Waals surface area contributed by atoms with Crippen LogP contribution in [0.15, 0.2) is 60.7 Å². The third-order valence-electron chi connectivity index (χ3n) is 5.87. The van der Waals surface area contributed by atoms with Crippen LogP contribution in [0.4, 0.5) is 0 Å². The van der Waals surface area contributed by atoms with Gasteiger partial charge in [0.1, 0.15) is 0 Å². The van der Waals surface area contributed by atoms with E-state index in [0.29, 0.717) is 23.6 Å². The van der Waals surface area contributed by atoms with E-state index in [4.69, 9.17) is 9.47 Å². The van der Waals surface area contributed by atoms with Crippen molar-refractivity contribution in [2.45, 2.75) is 18.9 Å². The van der Waals surface area contributed by atoms with E-state index in [9.17, 15) is 4.79 Å². The first kappa shape index (κ1) is 20.2. The number of benzene rings is 3. The molecule has 3 aromatic carbocycles. The summed E-state index contributed by atoms with van der Waals surface area (Å²) in [5.41, 5.74) is 1.74. The maximum absolute atomic E-state index is 13.0. The Morgan fingerprint density at radius 2 is 1.70 bits per heavy atom. The van der Waals surface area contributed by atoms with Crippen LogP contribution in [0, 0.1) is 0 Å². The molecule has 0 unspecified atom stereocenters. The molecule has 5 heteroatoms. The van der Waals surface area contributed by atoms with Gasteiger partial charge in [-0.15, -0.1) is 0 Å². The summed E-state index contributed by atoms with van der Waals surface area (Å²) in [7, 11) is 3.13. The molecule has 0 bridgehead atoms. The summed E-state index contributed by atoms with van der Waals surface area (Å²) >= 11 is 0. The third kappa shape index (κ3) is 3.98. The highest BCUT2D eigenvalue weighted by Crippen LogP contribution is 2.32. The second-order valence-electron chi connectivity index (χ2n) is 7.58. The number of hydrogen-bond acceptors (Lipinski definition) is 4. The maximum Gasteiger partial charge on any atom is 0.255 e. The number of para-hydroxylation sites is 1. The van der Waals surface area contributed by atoms with Gasteiger partial charge < -0.3 is 14.8 Å². The fourth-order valence-corrected chi connectivity index (χ4v) is 4.38. The molecule has 0 aliphatic carbocycles. The summed E-state index contributed by atoms with van der Waals surface area (Å²) in [6.07, 6.45) is 2.39. The molecule has 0 spiro atoms. The summed E-state index contributed by atoms with van der Waals surface area (Å²) in [5, 5.41) is 5.61. The zero-order valence-corrected chi connectivity index (χ0v) is 17.6. The van der Waals surface area contributed by atoms with Crippen molar-refractivity contribution in [1.82, 2.24) is 10.2 Å². The number of fused-ring (bicyclic) bond motifs is 1. The van der Waals surface area contributed by atoms with Gasteiger partial charge in [-0.2, -0.15) is 0 Å². The molecule has 1 atom stereocenters. The van der Waals surface area contributed by atoms with Crippen LogP contribution in [0.3, 0.4) is 0 Å². The van der Waals surface area contributed by atoms with E-state index in [0.717, 1.165) is 13.1 Å². The quantitative estimate of drug-likeness (QED) is 0.633. The average molecular weight is 405 g/mol. The van der Waals surface area contributed by atoms with Gasteiger partial charge in [-0.3, -0.25) is 9.69 Å². The minimum absolute atomic E-state index is 0.124. The molecule has 1 saturated heterocycles. The van der Waals surface area contributed by atoms with Crippen LogP contribution in [0.2, 0.25) is 0 Å². The molecule has 4 rings (SSSR count). The monoisotopic (exact) mass is 404 g/mol. The van der Waals surface area contributed by atoms with Crippen molar-refractivity contribution in [3.63, 3.8) is 0 Å². The van der Waals surface area contributed by atoms with E-state index in [1.54, 1.807) is 32.4 Å². The van der Waals surface area contributed by atoms with Crippen LogP contribution < -0.4 is 14.8 Å². The van der Waals surface area contributed by atoms with Crippen molar-refractivity contribution in [3.8, 4) is 11.5 Å². The highest BCUT2D eigenvalue weighted by molar-refractivity contribution is 5.98. The number of likely N-dealkylation sites (tertiary alicyclic amines) is 1. The van der Waals surface area contributed by atoms with Crippen molar-refractivity contribution in [2.24, 2.45) is 0 Å². The van der Waals surface area contributed by atoms with Crippen molar-refractivity contribution in [1.29, 1.82) is 0 Å². The summed E-state index contributed by atoms with van der Waals surface area (Å²) in [6.45, 7) is 2.63. The normalized spacial score (nSPS) is 15.1. The Kier molecular flexibility index (Phi) is 6.19.